The average Bonchev–Trinajstić information content (AvgIpc) is 2.79. The van der Waals surface area contributed by atoms with E-state index >= 15 is 0 Å². The Bertz CT molecular complexity index is 404. The van der Waals surface area contributed by atoms with E-state index in [1.54, 1.807) is 4.90 Å². The lowest BCUT2D eigenvalue weighted by Crippen LogP contribution is -2.51. The number of nitrogens with two attached hydrogens (primary N) is 2. The second kappa shape index (κ2) is 5.38. The molecule has 0 aromatic heterocycles. The van der Waals surface area contributed by atoms with E-state index in [1.165, 1.54) is 0 Å². The molecule has 2 aliphatic rings. The zero-order chi connectivity index (χ0) is 14.9. The van der Waals surface area contributed by atoms with E-state index in [4.69, 9.17) is 16.3 Å². The molecule has 0 aliphatic carbocycles. The first-order valence-electron chi connectivity index (χ1n) is 7.10. The molecule has 0 saturated carbocycles. The Kier molecular flexibility index (Phi) is 3.96. The van der Waals surface area contributed by atoms with Gasteiger partial charge in [0.1, 0.15) is 5.60 Å². The number of hydrazone groups is 1. The van der Waals surface area contributed by atoms with E-state index < -0.39 is 5.60 Å². The molecule has 2 aliphatic heterocycles. The van der Waals surface area contributed by atoms with Gasteiger partial charge in [0.05, 0.1) is 6.04 Å². The highest BCUT2D eigenvalue weighted by molar-refractivity contribution is 5.78. The SMILES string of the molecule is CC(C)(C)OC(=O)N1CC2CCCN(/C(N)=N/N)C2C1. The van der Waals surface area contributed by atoms with Crippen LogP contribution in [0.25, 0.3) is 0 Å². The van der Waals surface area contributed by atoms with Crippen molar-refractivity contribution in [2.45, 2.75) is 45.3 Å². The second-order valence-corrected chi connectivity index (χ2v) is 6.54. The Morgan fingerprint density at radius 1 is 1.35 bits per heavy atom. The molecule has 2 rings (SSSR count). The molecule has 4 N–H and O–H groups in total. The van der Waals surface area contributed by atoms with Gasteiger partial charge in [0.2, 0.25) is 5.96 Å². The van der Waals surface area contributed by atoms with Crippen LogP contribution in [0.15, 0.2) is 5.10 Å². The van der Waals surface area contributed by atoms with Gasteiger partial charge in [0.15, 0.2) is 0 Å². The van der Waals surface area contributed by atoms with E-state index in [2.05, 4.69) is 5.10 Å². The van der Waals surface area contributed by atoms with Crippen LogP contribution < -0.4 is 11.6 Å². The Balaban J connectivity index is 2.04. The highest BCUT2D eigenvalue weighted by Gasteiger charge is 2.42. The molecule has 0 bridgehead atoms. The predicted molar refractivity (Wildman–Crippen MR) is 76.8 cm³/mol. The smallest absolute Gasteiger partial charge is 0.410 e. The van der Waals surface area contributed by atoms with Crippen molar-refractivity contribution in [2.75, 3.05) is 19.6 Å². The minimum Gasteiger partial charge on any atom is -0.444 e. The number of amides is 1. The van der Waals surface area contributed by atoms with Crippen molar-refractivity contribution >= 4 is 12.1 Å². The first-order chi connectivity index (χ1) is 9.31. The molecule has 20 heavy (non-hydrogen) atoms. The van der Waals surface area contributed by atoms with Crippen molar-refractivity contribution in [3.63, 3.8) is 0 Å². The Morgan fingerprint density at radius 2 is 2.05 bits per heavy atom. The summed E-state index contributed by atoms with van der Waals surface area (Å²) in [5, 5.41) is 3.59. The molecule has 0 radical (unpaired) electrons. The largest absolute Gasteiger partial charge is 0.444 e. The summed E-state index contributed by atoms with van der Waals surface area (Å²) in [6.45, 7) is 7.80. The van der Waals surface area contributed by atoms with Crippen LogP contribution in [-0.2, 0) is 4.74 Å². The average molecular weight is 283 g/mol. The molecular weight excluding hydrogens is 258 g/mol. The lowest BCUT2D eigenvalue weighted by atomic mass is 9.92. The number of ether oxygens (including phenoxy) is 1. The van der Waals surface area contributed by atoms with Crippen LogP contribution in [0, 0.1) is 5.92 Å². The number of likely N-dealkylation sites (tertiary alicyclic amines) is 2. The topological polar surface area (TPSA) is 97.2 Å². The van der Waals surface area contributed by atoms with Gasteiger partial charge >= 0.3 is 6.09 Å². The Hall–Kier alpha value is -1.66. The molecule has 0 spiro atoms. The number of nitrogens with zero attached hydrogens (tertiary/aromatic N) is 3. The highest BCUT2D eigenvalue weighted by Crippen LogP contribution is 2.31. The summed E-state index contributed by atoms with van der Waals surface area (Å²) in [5.41, 5.74) is 5.37. The van der Waals surface area contributed by atoms with E-state index in [0.717, 1.165) is 19.4 Å². The van der Waals surface area contributed by atoms with Crippen LogP contribution in [0.5, 0.6) is 0 Å². The van der Waals surface area contributed by atoms with Crippen LogP contribution in [-0.4, -0.2) is 53.1 Å². The quantitative estimate of drug-likeness (QED) is 0.292. The fourth-order valence-electron chi connectivity index (χ4n) is 3.01. The summed E-state index contributed by atoms with van der Waals surface area (Å²) in [6.07, 6.45) is 1.88. The number of carbonyl (C=O) groups excluding carboxylic acids is 1. The van der Waals surface area contributed by atoms with Crippen LogP contribution in [0.1, 0.15) is 33.6 Å². The van der Waals surface area contributed by atoms with Crippen molar-refractivity contribution in [1.29, 1.82) is 0 Å². The zero-order valence-electron chi connectivity index (χ0n) is 12.5. The minimum atomic E-state index is -0.470. The second-order valence-electron chi connectivity index (χ2n) is 6.54. The van der Waals surface area contributed by atoms with E-state index in [9.17, 15) is 4.79 Å². The molecule has 2 heterocycles. The van der Waals surface area contributed by atoms with Gasteiger partial charge in [-0.2, -0.15) is 0 Å². The maximum Gasteiger partial charge on any atom is 0.410 e. The van der Waals surface area contributed by atoms with Crippen LogP contribution in [0.2, 0.25) is 0 Å². The van der Waals surface area contributed by atoms with Gasteiger partial charge in [-0.05, 0) is 39.5 Å². The molecule has 2 saturated heterocycles. The summed E-state index contributed by atoms with van der Waals surface area (Å²) in [7, 11) is 0. The Morgan fingerprint density at radius 3 is 2.65 bits per heavy atom. The molecule has 1 amide bonds. The summed E-state index contributed by atoms with van der Waals surface area (Å²) >= 11 is 0. The van der Waals surface area contributed by atoms with Gasteiger partial charge in [-0.15, -0.1) is 5.10 Å². The maximum absolute atomic E-state index is 12.1. The molecular formula is C13H25N5O2. The van der Waals surface area contributed by atoms with Gasteiger partial charge < -0.3 is 26.1 Å². The van der Waals surface area contributed by atoms with Crippen molar-refractivity contribution in [3.05, 3.63) is 0 Å². The molecule has 0 aromatic carbocycles. The van der Waals surface area contributed by atoms with Crippen LogP contribution in [0.3, 0.4) is 0 Å². The molecule has 7 nitrogen and oxygen atoms in total. The maximum atomic E-state index is 12.1. The number of carbonyl (C=O) groups is 1. The molecule has 114 valence electrons. The number of hydrogen-bond donors (Lipinski definition) is 2. The van der Waals surface area contributed by atoms with Gasteiger partial charge in [-0.25, -0.2) is 4.79 Å². The molecule has 0 aromatic rings. The van der Waals surface area contributed by atoms with E-state index in [1.807, 2.05) is 25.7 Å². The number of rotatable bonds is 0. The van der Waals surface area contributed by atoms with Gasteiger partial charge in [0.25, 0.3) is 0 Å². The monoisotopic (exact) mass is 283 g/mol. The van der Waals surface area contributed by atoms with Crippen molar-refractivity contribution in [2.24, 2.45) is 22.6 Å². The summed E-state index contributed by atoms with van der Waals surface area (Å²) < 4.78 is 5.43. The normalized spacial score (nSPS) is 27.4. The lowest BCUT2D eigenvalue weighted by molar-refractivity contribution is 0.0283. The number of hydrogen-bond acceptors (Lipinski definition) is 4. The summed E-state index contributed by atoms with van der Waals surface area (Å²) in [5.74, 6) is 6.05. The summed E-state index contributed by atoms with van der Waals surface area (Å²) in [6, 6.07) is 0.198. The molecule has 2 unspecified atom stereocenters. The number of guanidine groups is 1. The van der Waals surface area contributed by atoms with Crippen molar-refractivity contribution in [1.82, 2.24) is 9.80 Å². The first-order valence-corrected chi connectivity index (χ1v) is 7.10. The molecule has 2 fully saturated rings. The zero-order valence-corrected chi connectivity index (χ0v) is 12.5. The van der Waals surface area contributed by atoms with Gasteiger partial charge in [-0.1, -0.05) is 0 Å². The first kappa shape index (κ1) is 14.7. The van der Waals surface area contributed by atoms with Gasteiger partial charge in [0, 0.05) is 19.6 Å². The lowest BCUT2D eigenvalue weighted by Gasteiger charge is -2.37. The predicted octanol–water partition coefficient (Wildman–Crippen LogP) is 0.506. The van der Waals surface area contributed by atoms with Crippen LogP contribution >= 0.6 is 0 Å². The number of fused-ring (bicyclic) bond motifs is 1. The number of piperidine rings is 1. The van der Waals surface area contributed by atoms with Crippen molar-refractivity contribution in [3.8, 4) is 0 Å². The van der Waals surface area contributed by atoms with E-state index in [0.29, 0.717) is 25.0 Å². The van der Waals surface area contributed by atoms with Crippen LogP contribution in [0.4, 0.5) is 4.79 Å². The third-order valence-electron chi connectivity index (χ3n) is 3.86. The minimum absolute atomic E-state index is 0.198. The fourth-order valence-corrected chi connectivity index (χ4v) is 3.01. The fraction of sp³-hybridized carbons (Fsp3) is 0.846. The standard InChI is InChI=1S/C13H25N5O2/c1-13(2,3)20-12(19)17-7-9-5-4-6-18(10(9)8-17)11(14)16-15/h9-10H,4-8,15H2,1-3H3,(H2,14,16). The van der Waals surface area contributed by atoms with E-state index in [-0.39, 0.29) is 12.1 Å². The summed E-state index contributed by atoms with van der Waals surface area (Å²) in [4.78, 5) is 15.9. The molecule has 7 heteroatoms. The third kappa shape index (κ3) is 3.08. The Labute approximate surface area is 119 Å². The highest BCUT2D eigenvalue weighted by atomic mass is 16.6. The molecule has 2 atom stereocenters. The van der Waals surface area contributed by atoms with Crippen molar-refractivity contribution < 1.29 is 9.53 Å². The third-order valence-corrected chi connectivity index (χ3v) is 3.86. The van der Waals surface area contributed by atoms with Gasteiger partial charge in [-0.3, -0.25) is 0 Å².